The Bertz CT molecular complexity index is 223. The van der Waals surface area contributed by atoms with E-state index in [0.29, 0.717) is 11.0 Å². The lowest BCUT2D eigenvalue weighted by Gasteiger charge is -2.26. The van der Waals surface area contributed by atoms with Gasteiger partial charge in [0.05, 0.1) is 11.1 Å². The van der Waals surface area contributed by atoms with Crippen LogP contribution in [0.5, 0.6) is 0 Å². The molecule has 0 bridgehead atoms. The number of nitrogens with zero attached hydrogens (tertiary/aromatic N) is 2. The van der Waals surface area contributed by atoms with Gasteiger partial charge in [0.1, 0.15) is 0 Å². The van der Waals surface area contributed by atoms with Crippen molar-refractivity contribution in [3.63, 3.8) is 0 Å². The van der Waals surface area contributed by atoms with Crippen LogP contribution in [0.25, 0.3) is 0 Å². The molecule has 0 aromatic carbocycles. The van der Waals surface area contributed by atoms with Crippen LogP contribution < -0.4 is 5.73 Å². The van der Waals surface area contributed by atoms with E-state index in [0.717, 1.165) is 32.5 Å². The van der Waals surface area contributed by atoms with Gasteiger partial charge in [0.15, 0.2) is 0 Å². The zero-order valence-electron chi connectivity index (χ0n) is 9.52. The molecule has 2 atom stereocenters. The van der Waals surface area contributed by atoms with E-state index in [9.17, 15) is 5.11 Å². The standard InChI is InChI=1S/C10H21N3OS/c1-12(2)6-8-5-9(14)7-13(8)4-3-10(11)15/h8-9,14H,3-7H2,1-2H3,(H2,11,15). The summed E-state index contributed by atoms with van der Waals surface area (Å²) in [5, 5.41) is 9.62. The molecule has 1 saturated heterocycles. The first kappa shape index (κ1) is 12.8. The highest BCUT2D eigenvalue weighted by Gasteiger charge is 2.30. The van der Waals surface area contributed by atoms with Crippen molar-refractivity contribution >= 4 is 17.2 Å². The summed E-state index contributed by atoms with van der Waals surface area (Å²) in [6.07, 6.45) is 1.41. The topological polar surface area (TPSA) is 52.7 Å². The van der Waals surface area contributed by atoms with Crippen molar-refractivity contribution in [2.24, 2.45) is 5.73 Å². The second-order valence-corrected chi connectivity index (χ2v) is 5.04. The molecule has 2 unspecified atom stereocenters. The van der Waals surface area contributed by atoms with Gasteiger partial charge >= 0.3 is 0 Å². The number of hydrogen-bond acceptors (Lipinski definition) is 4. The van der Waals surface area contributed by atoms with Gasteiger partial charge in [-0.05, 0) is 20.5 Å². The van der Waals surface area contributed by atoms with Crippen LogP contribution in [0.1, 0.15) is 12.8 Å². The maximum atomic E-state index is 9.62. The third kappa shape index (κ3) is 4.42. The Kier molecular flexibility index (Phi) is 4.92. The van der Waals surface area contributed by atoms with E-state index in [1.807, 2.05) is 0 Å². The Morgan fingerprint density at radius 3 is 2.80 bits per heavy atom. The molecular formula is C10H21N3OS. The number of β-amino-alcohol motifs (C(OH)–C–C–N with tert-alkyl or cyclic N) is 1. The summed E-state index contributed by atoms with van der Waals surface area (Å²) in [5.74, 6) is 0. The summed E-state index contributed by atoms with van der Waals surface area (Å²) >= 11 is 4.86. The fourth-order valence-corrected chi connectivity index (χ4v) is 2.19. The van der Waals surface area contributed by atoms with Gasteiger partial charge < -0.3 is 15.7 Å². The smallest absolute Gasteiger partial charge is 0.0740 e. The molecule has 1 aliphatic heterocycles. The van der Waals surface area contributed by atoms with Crippen molar-refractivity contribution in [1.82, 2.24) is 9.80 Å². The Balaban J connectivity index is 2.41. The van der Waals surface area contributed by atoms with E-state index < -0.39 is 0 Å². The lowest BCUT2D eigenvalue weighted by molar-refractivity contribution is 0.174. The highest BCUT2D eigenvalue weighted by atomic mass is 32.1. The Hall–Kier alpha value is -0.230. The number of thiocarbonyl (C=S) groups is 1. The monoisotopic (exact) mass is 231 g/mol. The van der Waals surface area contributed by atoms with Crippen molar-refractivity contribution in [2.75, 3.05) is 33.7 Å². The van der Waals surface area contributed by atoms with Crippen LogP contribution in [0.2, 0.25) is 0 Å². The average Bonchev–Trinajstić information content (AvgIpc) is 2.41. The normalized spacial score (nSPS) is 27.5. The quantitative estimate of drug-likeness (QED) is 0.634. The number of aliphatic hydroxyl groups is 1. The second kappa shape index (κ2) is 5.75. The molecule has 1 aliphatic rings. The summed E-state index contributed by atoms with van der Waals surface area (Å²) in [4.78, 5) is 4.99. The largest absolute Gasteiger partial charge is 0.393 e. The molecule has 0 spiro atoms. The van der Waals surface area contributed by atoms with E-state index in [-0.39, 0.29) is 6.10 Å². The summed E-state index contributed by atoms with van der Waals surface area (Å²) in [6, 6.07) is 0.435. The Labute approximate surface area is 97.0 Å². The SMILES string of the molecule is CN(C)CC1CC(O)CN1CCC(N)=S. The van der Waals surface area contributed by atoms with Gasteiger partial charge in [-0.2, -0.15) is 0 Å². The van der Waals surface area contributed by atoms with E-state index in [1.165, 1.54) is 0 Å². The van der Waals surface area contributed by atoms with Crippen LogP contribution >= 0.6 is 12.2 Å². The predicted octanol–water partition coefficient (Wildman–Crippen LogP) is -0.341. The zero-order chi connectivity index (χ0) is 11.4. The molecule has 1 fully saturated rings. The summed E-state index contributed by atoms with van der Waals surface area (Å²) in [7, 11) is 4.10. The fourth-order valence-electron chi connectivity index (χ4n) is 2.10. The third-order valence-corrected chi connectivity index (χ3v) is 2.93. The molecule has 0 amide bonds. The van der Waals surface area contributed by atoms with E-state index in [4.69, 9.17) is 18.0 Å². The number of hydrogen-bond donors (Lipinski definition) is 2. The molecule has 1 heterocycles. The van der Waals surface area contributed by atoms with Gasteiger partial charge in [0, 0.05) is 32.1 Å². The minimum atomic E-state index is -0.193. The van der Waals surface area contributed by atoms with Crippen LogP contribution in [0.4, 0.5) is 0 Å². The number of rotatable bonds is 5. The van der Waals surface area contributed by atoms with Crippen molar-refractivity contribution in [3.05, 3.63) is 0 Å². The number of nitrogens with two attached hydrogens (primary N) is 1. The van der Waals surface area contributed by atoms with E-state index in [1.54, 1.807) is 0 Å². The lowest BCUT2D eigenvalue weighted by atomic mass is 10.2. The minimum absolute atomic E-state index is 0.193. The summed E-state index contributed by atoms with van der Waals surface area (Å²) in [5.41, 5.74) is 5.48. The molecule has 0 radical (unpaired) electrons. The molecule has 5 heteroatoms. The molecular weight excluding hydrogens is 210 g/mol. The van der Waals surface area contributed by atoms with E-state index >= 15 is 0 Å². The van der Waals surface area contributed by atoms with Crippen LogP contribution in [0.3, 0.4) is 0 Å². The number of likely N-dealkylation sites (N-methyl/N-ethyl adjacent to an activating group) is 1. The Morgan fingerprint density at radius 1 is 1.60 bits per heavy atom. The van der Waals surface area contributed by atoms with E-state index in [2.05, 4.69) is 23.9 Å². The molecule has 0 aromatic heterocycles. The molecule has 1 rings (SSSR count). The second-order valence-electron chi connectivity index (χ2n) is 4.52. The van der Waals surface area contributed by atoms with Crippen LogP contribution in [-0.4, -0.2) is 65.8 Å². The van der Waals surface area contributed by atoms with Crippen LogP contribution in [0.15, 0.2) is 0 Å². The van der Waals surface area contributed by atoms with Crippen molar-refractivity contribution in [1.29, 1.82) is 0 Å². The number of likely N-dealkylation sites (tertiary alicyclic amines) is 1. The molecule has 0 aromatic rings. The van der Waals surface area contributed by atoms with Gasteiger partial charge in [-0.25, -0.2) is 0 Å². The average molecular weight is 231 g/mol. The maximum Gasteiger partial charge on any atom is 0.0740 e. The van der Waals surface area contributed by atoms with Crippen molar-refractivity contribution in [3.8, 4) is 0 Å². The Morgan fingerprint density at radius 2 is 2.27 bits per heavy atom. The molecule has 4 nitrogen and oxygen atoms in total. The van der Waals surface area contributed by atoms with Gasteiger partial charge in [-0.3, -0.25) is 4.90 Å². The van der Waals surface area contributed by atoms with Gasteiger partial charge in [-0.1, -0.05) is 12.2 Å². The lowest BCUT2D eigenvalue weighted by Crippen LogP contribution is -2.39. The summed E-state index contributed by atoms with van der Waals surface area (Å²) < 4.78 is 0. The van der Waals surface area contributed by atoms with Gasteiger partial charge in [-0.15, -0.1) is 0 Å². The van der Waals surface area contributed by atoms with Gasteiger partial charge in [0.25, 0.3) is 0 Å². The fraction of sp³-hybridized carbons (Fsp3) is 0.900. The van der Waals surface area contributed by atoms with Crippen LogP contribution in [-0.2, 0) is 0 Å². The maximum absolute atomic E-state index is 9.62. The minimum Gasteiger partial charge on any atom is -0.393 e. The molecule has 0 aliphatic carbocycles. The first-order valence-electron chi connectivity index (χ1n) is 5.34. The van der Waals surface area contributed by atoms with Gasteiger partial charge in [0.2, 0.25) is 0 Å². The summed E-state index contributed by atoms with van der Waals surface area (Å²) in [6.45, 7) is 2.60. The predicted molar refractivity (Wildman–Crippen MR) is 65.9 cm³/mol. The van der Waals surface area contributed by atoms with Crippen molar-refractivity contribution < 1.29 is 5.11 Å². The molecule has 15 heavy (non-hydrogen) atoms. The first-order valence-corrected chi connectivity index (χ1v) is 5.75. The van der Waals surface area contributed by atoms with Crippen molar-refractivity contribution in [2.45, 2.75) is 25.0 Å². The number of aliphatic hydroxyl groups excluding tert-OH is 1. The highest BCUT2D eigenvalue weighted by molar-refractivity contribution is 7.80. The zero-order valence-corrected chi connectivity index (χ0v) is 10.3. The molecule has 3 N–H and O–H groups in total. The van der Waals surface area contributed by atoms with Crippen LogP contribution in [0, 0.1) is 0 Å². The first-order chi connectivity index (χ1) is 6.99. The molecule has 0 saturated carbocycles. The molecule has 88 valence electrons. The highest BCUT2D eigenvalue weighted by Crippen LogP contribution is 2.18. The third-order valence-electron chi connectivity index (χ3n) is 2.73.